The molecule has 672 valence electrons. The highest BCUT2D eigenvalue weighted by Gasteiger charge is 2.45. The third kappa shape index (κ3) is 21.0. The molecule has 0 N–H and O–H groups in total. The fourth-order valence-electron chi connectivity index (χ4n) is 18.1. The molecule has 0 unspecified atom stereocenters. The van der Waals surface area contributed by atoms with Gasteiger partial charge in [-0.25, -0.2) is 72.8 Å². The first kappa shape index (κ1) is 87.3. The number of carbonyl (C=O) groups excluding carboxylic acids is 8. The van der Waals surface area contributed by atoms with E-state index in [2.05, 4.69) is 105 Å². The largest absolute Gasteiger partial charge is 0.457 e. The maximum absolute atomic E-state index is 13.0. The lowest BCUT2D eigenvalue weighted by atomic mass is 9.96. The van der Waals surface area contributed by atoms with Gasteiger partial charge in [-0.05, 0) is 150 Å². The lowest BCUT2D eigenvalue weighted by molar-refractivity contribution is -0.133. The second kappa shape index (κ2) is 40.1. The third-order valence-electron chi connectivity index (χ3n) is 25.8. The maximum Gasteiger partial charge on any atom is 0.338 e. The Morgan fingerprint density at radius 1 is 0.382 bits per heavy atom. The van der Waals surface area contributed by atoms with Crippen molar-refractivity contribution in [3.05, 3.63) is 284 Å². The second-order valence-corrected chi connectivity index (χ2v) is 34.0. The molecule has 5 saturated heterocycles. The van der Waals surface area contributed by atoms with Crippen molar-refractivity contribution in [1.29, 1.82) is 0 Å². The van der Waals surface area contributed by atoms with E-state index >= 15 is 0 Å². The number of cyclic esters (lactones) is 4. The Morgan fingerprint density at radius 2 is 0.794 bits per heavy atom. The molecule has 9 aliphatic rings. The number of aryl methyl sites for hydroxylation is 1. The van der Waals surface area contributed by atoms with Crippen LogP contribution in [0.3, 0.4) is 0 Å². The number of rotatable bonds is 24. The van der Waals surface area contributed by atoms with Crippen molar-refractivity contribution in [3.8, 4) is 23.3 Å². The van der Waals surface area contributed by atoms with Gasteiger partial charge < -0.3 is 38.5 Å². The highest BCUT2D eigenvalue weighted by Crippen LogP contribution is 2.33. The summed E-state index contributed by atoms with van der Waals surface area (Å²) in [5, 5.41) is 19.9. The smallest absolute Gasteiger partial charge is 0.338 e. The topological polar surface area (TPSA) is 374 Å². The van der Waals surface area contributed by atoms with Crippen molar-refractivity contribution in [1.82, 2.24) is 118 Å². The van der Waals surface area contributed by atoms with Gasteiger partial charge >= 0.3 is 23.9 Å². The van der Waals surface area contributed by atoms with Crippen LogP contribution in [0.25, 0.3) is 23.3 Å². The summed E-state index contributed by atoms with van der Waals surface area (Å²) in [7, 11) is 0. The summed E-state index contributed by atoms with van der Waals surface area (Å²) in [6, 6.07) is 35.8. The molecule has 36 nitrogen and oxygen atoms in total. The molecule has 2 atom stereocenters. The number of nitrogens with zero attached hydrogens (tertiary/aromatic N) is 24. The minimum absolute atomic E-state index is 0.128. The van der Waals surface area contributed by atoms with Crippen molar-refractivity contribution in [3.63, 3.8) is 0 Å². The summed E-state index contributed by atoms with van der Waals surface area (Å²) in [4.78, 5) is 145. The highest BCUT2D eigenvalue weighted by molar-refractivity contribution is 5.95. The first-order valence-electron chi connectivity index (χ1n) is 44.4. The Bertz CT molecular complexity index is 6100. The molecule has 5 fully saturated rings. The average molecular weight is 1770 g/mol. The van der Waals surface area contributed by atoms with E-state index in [9.17, 15) is 38.4 Å². The van der Waals surface area contributed by atoms with Crippen molar-refractivity contribution in [2.24, 2.45) is 0 Å². The number of fused-ring (bicyclic) bond motifs is 6. The molecule has 0 spiro atoms. The molecule has 0 radical (unpaired) electrons. The van der Waals surface area contributed by atoms with E-state index in [4.69, 9.17) is 18.9 Å². The number of ether oxygens (including phenoxy) is 4. The lowest BCUT2D eigenvalue weighted by Crippen LogP contribution is -2.49. The molecule has 17 heterocycles. The van der Waals surface area contributed by atoms with Crippen LogP contribution in [-0.4, -0.2) is 296 Å². The van der Waals surface area contributed by atoms with E-state index in [1.54, 1.807) is 74.9 Å². The molecule has 9 aliphatic heterocycles. The predicted molar refractivity (Wildman–Crippen MR) is 473 cm³/mol. The van der Waals surface area contributed by atoms with Gasteiger partial charge in [-0.15, -0.1) is 5.10 Å². The van der Waals surface area contributed by atoms with Crippen LogP contribution < -0.4 is 0 Å². The minimum Gasteiger partial charge on any atom is -0.457 e. The van der Waals surface area contributed by atoms with Crippen molar-refractivity contribution < 1.29 is 57.3 Å². The van der Waals surface area contributed by atoms with Crippen LogP contribution in [-0.2, 0) is 116 Å². The second-order valence-electron chi connectivity index (χ2n) is 34.0. The molecule has 36 heteroatoms. The summed E-state index contributed by atoms with van der Waals surface area (Å²) in [6.45, 7) is 20.6. The van der Waals surface area contributed by atoms with Crippen LogP contribution in [0.5, 0.6) is 0 Å². The SMILES string of the molecule is Cc1c(CCN2CCN(C(=O)Cc3ccc(-n4ccnn4)nc3)CC2)ccc2c1COC2=O.Cc1cc(-n2cncn2)ncc1CC(=O)N1CCN(CCc2ccc3c(c2)COC3=O)CC1.O=C1OCc2cc(CCN3CCN(C(=O)Cc4ccc(-n5cncn5)nc4)CC3)ccc21.O=C1OCc2cc(CCN3C[C@@H]4C[C@H]3CN4C(=O)Cc3ccc(-n4cncn4)nc3)ccc21. The molecule has 131 heavy (non-hydrogen) atoms. The minimum atomic E-state index is -0.228. The predicted octanol–water partition coefficient (Wildman–Crippen LogP) is 5.81. The molecule has 4 aromatic carbocycles. The number of likely N-dealkylation sites (tertiary alicyclic amines) is 2. The summed E-state index contributed by atoms with van der Waals surface area (Å²) >= 11 is 0. The van der Waals surface area contributed by atoms with E-state index < -0.39 is 0 Å². The Hall–Kier alpha value is -14.4. The van der Waals surface area contributed by atoms with Gasteiger partial charge in [-0.2, -0.15) is 15.3 Å². The molecule has 0 aliphatic carbocycles. The first-order chi connectivity index (χ1) is 63.9. The van der Waals surface area contributed by atoms with Crippen molar-refractivity contribution >= 4 is 47.5 Å². The summed E-state index contributed by atoms with van der Waals surface area (Å²) in [6.07, 6.45) is 25.6. The van der Waals surface area contributed by atoms with E-state index in [0.717, 1.165) is 206 Å². The van der Waals surface area contributed by atoms with Crippen molar-refractivity contribution in [2.75, 3.05) is 118 Å². The van der Waals surface area contributed by atoms with Crippen LogP contribution in [0.1, 0.15) is 126 Å². The zero-order valence-corrected chi connectivity index (χ0v) is 73.0. The quantitative estimate of drug-likeness (QED) is 0.0509. The summed E-state index contributed by atoms with van der Waals surface area (Å²) in [5.41, 5.74) is 17.4. The third-order valence-corrected chi connectivity index (χ3v) is 25.8. The normalized spacial score (nSPS) is 17.4. The number of esters is 4. The number of benzene rings is 4. The number of carbonyl (C=O) groups is 8. The zero-order valence-electron chi connectivity index (χ0n) is 73.0. The van der Waals surface area contributed by atoms with Crippen LogP contribution >= 0.6 is 0 Å². The van der Waals surface area contributed by atoms with E-state index in [1.165, 1.54) is 41.2 Å². The monoisotopic (exact) mass is 1770 g/mol. The fraction of sp³-hybridized carbons (Fsp3) is 0.368. The number of pyridine rings is 4. The van der Waals surface area contributed by atoms with E-state index in [0.29, 0.717) is 104 Å². The number of amides is 4. The highest BCUT2D eigenvalue weighted by atomic mass is 16.5. The number of aromatic nitrogens is 16. The van der Waals surface area contributed by atoms with Gasteiger partial charge in [0.1, 0.15) is 64.4 Å². The molecule has 21 rings (SSSR count). The Balaban J connectivity index is 0.000000117. The van der Waals surface area contributed by atoms with Gasteiger partial charge in [-0.3, -0.25) is 38.8 Å². The van der Waals surface area contributed by atoms with Crippen molar-refractivity contribution in [2.45, 2.75) is 110 Å². The van der Waals surface area contributed by atoms with Gasteiger partial charge in [0.25, 0.3) is 0 Å². The summed E-state index contributed by atoms with van der Waals surface area (Å²) < 4.78 is 26.8. The van der Waals surface area contributed by atoms with E-state index in [-0.39, 0.29) is 53.5 Å². The molecule has 8 aromatic heterocycles. The van der Waals surface area contributed by atoms with Gasteiger partial charge in [0.05, 0.1) is 60.3 Å². The Kier molecular flexibility index (Phi) is 26.7. The number of hydrogen-bond donors (Lipinski definition) is 0. The summed E-state index contributed by atoms with van der Waals surface area (Å²) in [5.74, 6) is 2.39. The first-order valence-corrected chi connectivity index (χ1v) is 44.4. The molecular weight excluding hydrogens is 1670 g/mol. The van der Waals surface area contributed by atoms with Crippen LogP contribution in [0.2, 0.25) is 0 Å². The van der Waals surface area contributed by atoms with Gasteiger partial charge in [0.15, 0.2) is 23.3 Å². The zero-order chi connectivity index (χ0) is 89.9. The van der Waals surface area contributed by atoms with Crippen LogP contribution in [0.15, 0.2) is 184 Å². The Labute approximate surface area is 755 Å². The molecule has 2 bridgehead atoms. The molecule has 12 aromatic rings. The molecular formula is C95H100N24O12. The average Bonchev–Trinajstić information content (AvgIpc) is 1.66. The number of piperazine rings is 4. The Morgan fingerprint density at radius 3 is 1.22 bits per heavy atom. The van der Waals surface area contributed by atoms with E-state index in [1.807, 2.05) is 118 Å². The number of hydrogen-bond acceptors (Lipinski definition) is 28. The molecule has 0 saturated carbocycles. The van der Waals surface area contributed by atoms with Gasteiger partial charge in [-0.1, -0.05) is 65.9 Å². The van der Waals surface area contributed by atoms with Crippen LogP contribution in [0, 0.1) is 13.8 Å². The fourth-order valence-corrected chi connectivity index (χ4v) is 18.1. The molecule has 4 amide bonds. The van der Waals surface area contributed by atoms with Crippen LogP contribution in [0.4, 0.5) is 0 Å². The van der Waals surface area contributed by atoms with Gasteiger partial charge in [0, 0.05) is 177 Å². The lowest BCUT2D eigenvalue weighted by Gasteiger charge is -2.35. The maximum atomic E-state index is 13.0. The standard InChI is InChI=1S/C24H24N6O3.2C24H26N6O3.C23H24N6O3/c31-23(8-17-2-4-22(26-10-17)30-15-25-14-27-30)29-12-19-9-20(29)11-28(19)6-5-16-1-3-21-18(7-16)13-33-24(21)32;1-17-19(3-4-20-21(17)16-33-24(20)32)6-8-28-10-12-29(13-11-28)23(31)14-18-2-5-22(25-15-18)30-9-7-26-27-30;1-17-10-22(30-16-25-15-27-30)26-13-19(17)12-23(31)29-8-6-28(7-9-29)5-4-18-2-3-21-20(11-18)14-33-24(21)32;30-22(12-18-2-4-21(25-13-18)29-16-24-15-26-29)28-9-7-27(8-10-28)6-5-17-1-3-20-19(11-17)14-32-23(20)31/h1-4,7,10,14-15,19-20H,5-6,8-9,11-13H2;2-5,7,9,15H,6,8,10-14,16H2,1H3;2-3,10-11,13,15-16H,4-9,12,14H2,1H3;1-4,11,13,15-16H,5-10,12,14H2/t19-,20-;;;/m0.../s1. The van der Waals surface area contributed by atoms with Gasteiger partial charge in [0.2, 0.25) is 23.6 Å².